The Labute approximate surface area is 53.7 Å². The number of hydrogen-bond donors (Lipinski definition) is 0. The van der Waals surface area contributed by atoms with E-state index >= 15 is 0 Å². The summed E-state index contributed by atoms with van der Waals surface area (Å²) in [7, 11) is 0. The highest BCUT2D eigenvalue weighted by Crippen LogP contribution is 2.38. The van der Waals surface area contributed by atoms with Crippen LogP contribution in [0.2, 0.25) is 13.1 Å². The topological polar surface area (TPSA) is 0 Å². The van der Waals surface area contributed by atoms with Gasteiger partial charge in [-0.15, -0.1) is 0 Å². The second kappa shape index (κ2) is 2.03. The van der Waals surface area contributed by atoms with E-state index in [1.54, 1.807) is 0 Å². The molecule has 0 bridgehead atoms. The third kappa shape index (κ3) is 1.70. The molecule has 0 aliphatic carbocycles. The zero-order valence-electron chi connectivity index (χ0n) is 4.73. The highest BCUT2D eigenvalue weighted by Gasteiger charge is 2.26. The summed E-state index contributed by atoms with van der Waals surface area (Å²) in [6.45, 7) is 4.85. The first-order chi connectivity index (χ1) is 3.21. The van der Waals surface area contributed by atoms with Crippen molar-refractivity contribution in [2.75, 3.05) is 11.5 Å². The summed E-state index contributed by atoms with van der Waals surface area (Å²) < 4.78 is 0. The molecule has 42 valence electrons. The first-order valence-electron chi connectivity index (χ1n) is 2.49. The Hall–Kier alpha value is 0.917. The van der Waals surface area contributed by atoms with Gasteiger partial charge in [-0.3, -0.25) is 0 Å². The van der Waals surface area contributed by atoms with Crippen LogP contribution in [0.15, 0.2) is 0 Å². The molecule has 1 fully saturated rings. The predicted octanol–water partition coefficient (Wildman–Crippen LogP) is 2.17. The van der Waals surface area contributed by atoms with Crippen LogP contribution in [0.25, 0.3) is 0 Å². The standard InChI is InChI=1S/C4H10S2Si/c1-7(2)5-3-4-6-7/h3-4H2,1-2H3. The van der Waals surface area contributed by atoms with Gasteiger partial charge in [-0.05, 0) is 11.5 Å². The maximum atomic E-state index is 2.43. The maximum absolute atomic E-state index is 2.43. The van der Waals surface area contributed by atoms with Gasteiger partial charge in [-0.2, -0.15) is 22.4 Å². The van der Waals surface area contributed by atoms with E-state index in [2.05, 4.69) is 35.5 Å². The molecule has 1 rings (SSSR count). The van der Waals surface area contributed by atoms with E-state index in [0.717, 1.165) is 0 Å². The van der Waals surface area contributed by atoms with Crippen molar-refractivity contribution >= 4 is 28.8 Å². The van der Waals surface area contributed by atoms with Crippen molar-refractivity contribution in [3.63, 3.8) is 0 Å². The number of rotatable bonds is 0. The van der Waals surface area contributed by atoms with Crippen molar-refractivity contribution in [2.45, 2.75) is 13.1 Å². The third-order valence-corrected chi connectivity index (χ3v) is 11.0. The smallest absolute Gasteiger partial charge is 0.170 e. The molecule has 7 heavy (non-hydrogen) atoms. The minimum Gasteiger partial charge on any atom is -0.172 e. The average molecular weight is 150 g/mol. The van der Waals surface area contributed by atoms with Gasteiger partial charge in [0, 0.05) is 0 Å². The summed E-state index contributed by atoms with van der Waals surface area (Å²) in [6.07, 6.45) is -0.707. The summed E-state index contributed by atoms with van der Waals surface area (Å²) >= 11 is 4.40. The van der Waals surface area contributed by atoms with Gasteiger partial charge < -0.3 is 0 Å². The Balaban J connectivity index is 2.40. The second-order valence-electron chi connectivity index (χ2n) is 2.10. The Morgan fingerprint density at radius 1 is 1.14 bits per heavy atom. The summed E-state index contributed by atoms with van der Waals surface area (Å²) in [4.78, 5) is 0. The van der Waals surface area contributed by atoms with E-state index in [1.807, 2.05) is 0 Å². The van der Waals surface area contributed by atoms with Crippen molar-refractivity contribution in [2.24, 2.45) is 0 Å². The fourth-order valence-corrected chi connectivity index (χ4v) is 9.30. The molecule has 0 spiro atoms. The molecule has 3 heteroatoms. The summed E-state index contributed by atoms with van der Waals surface area (Å²) in [5.74, 6) is 2.81. The Morgan fingerprint density at radius 3 is 1.71 bits per heavy atom. The average Bonchev–Trinajstić information content (AvgIpc) is 1.84. The lowest BCUT2D eigenvalue weighted by molar-refractivity contribution is 1.59. The van der Waals surface area contributed by atoms with Gasteiger partial charge in [-0.25, -0.2) is 0 Å². The molecule has 1 aliphatic heterocycles. The van der Waals surface area contributed by atoms with Gasteiger partial charge >= 0.3 is 0 Å². The molecule has 0 saturated carbocycles. The van der Waals surface area contributed by atoms with Crippen molar-refractivity contribution in [1.29, 1.82) is 0 Å². The minimum absolute atomic E-state index is 0.707. The fraction of sp³-hybridized carbons (Fsp3) is 1.00. The van der Waals surface area contributed by atoms with Gasteiger partial charge in [0.1, 0.15) is 0 Å². The minimum atomic E-state index is -0.707. The van der Waals surface area contributed by atoms with Gasteiger partial charge in [0.2, 0.25) is 0 Å². The van der Waals surface area contributed by atoms with Crippen LogP contribution >= 0.6 is 22.4 Å². The molecule has 1 aliphatic rings. The second-order valence-corrected chi connectivity index (χ2v) is 14.9. The van der Waals surface area contributed by atoms with Crippen molar-refractivity contribution in [3.05, 3.63) is 0 Å². The Morgan fingerprint density at radius 2 is 1.57 bits per heavy atom. The van der Waals surface area contributed by atoms with Crippen LogP contribution in [0, 0.1) is 0 Å². The molecule has 0 aromatic carbocycles. The van der Waals surface area contributed by atoms with Crippen molar-refractivity contribution < 1.29 is 0 Å². The highest BCUT2D eigenvalue weighted by molar-refractivity contribution is 8.60. The van der Waals surface area contributed by atoms with Crippen LogP contribution in [0.4, 0.5) is 0 Å². The lowest BCUT2D eigenvalue weighted by Gasteiger charge is -2.08. The molecule has 0 nitrogen and oxygen atoms in total. The van der Waals surface area contributed by atoms with Crippen LogP contribution in [-0.2, 0) is 0 Å². The molecule has 0 atom stereocenters. The lowest BCUT2D eigenvalue weighted by atomic mass is 11.0. The molecular formula is C4H10S2Si. The third-order valence-electron chi connectivity index (χ3n) is 0.983. The fourth-order valence-electron chi connectivity index (χ4n) is 0.617. The highest BCUT2D eigenvalue weighted by atomic mass is 32.6. The molecule has 0 aromatic heterocycles. The molecule has 0 N–H and O–H groups in total. The molecule has 0 unspecified atom stereocenters. The van der Waals surface area contributed by atoms with Crippen molar-refractivity contribution in [3.8, 4) is 0 Å². The summed E-state index contributed by atoms with van der Waals surface area (Å²) in [5.41, 5.74) is 0. The largest absolute Gasteiger partial charge is 0.172 e. The quantitative estimate of drug-likeness (QED) is 0.485. The van der Waals surface area contributed by atoms with Crippen LogP contribution in [0.1, 0.15) is 0 Å². The van der Waals surface area contributed by atoms with Gasteiger partial charge in [0.15, 0.2) is 6.37 Å². The zero-order valence-corrected chi connectivity index (χ0v) is 7.36. The molecule has 1 heterocycles. The van der Waals surface area contributed by atoms with Gasteiger partial charge in [0.05, 0.1) is 0 Å². The predicted molar refractivity (Wildman–Crippen MR) is 42.4 cm³/mol. The SMILES string of the molecule is C[Si]1(C)SCCS1. The lowest BCUT2D eigenvalue weighted by Crippen LogP contribution is -2.09. The monoisotopic (exact) mass is 150 g/mol. The summed E-state index contributed by atoms with van der Waals surface area (Å²) in [5, 5.41) is 0. The van der Waals surface area contributed by atoms with E-state index in [4.69, 9.17) is 0 Å². The van der Waals surface area contributed by atoms with Crippen LogP contribution in [0.5, 0.6) is 0 Å². The Bertz CT molecular complexity index is 64.1. The van der Waals surface area contributed by atoms with E-state index in [-0.39, 0.29) is 0 Å². The van der Waals surface area contributed by atoms with Gasteiger partial charge in [0.25, 0.3) is 0 Å². The first-order valence-corrected chi connectivity index (χ1v) is 8.91. The molecule has 0 amide bonds. The van der Waals surface area contributed by atoms with E-state index in [0.29, 0.717) is 0 Å². The molecule has 1 saturated heterocycles. The zero-order chi connectivity index (χ0) is 5.33. The van der Waals surface area contributed by atoms with E-state index in [1.165, 1.54) is 11.5 Å². The van der Waals surface area contributed by atoms with Crippen LogP contribution in [0.3, 0.4) is 0 Å². The first kappa shape index (κ1) is 6.04. The molecule has 0 radical (unpaired) electrons. The van der Waals surface area contributed by atoms with Crippen LogP contribution < -0.4 is 0 Å². The summed E-state index contributed by atoms with van der Waals surface area (Å²) in [6, 6.07) is 0. The van der Waals surface area contributed by atoms with Gasteiger partial charge in [-0.1, -0.05) is 13.1 Å². The molecule has 0 aromatic rings. The maximum Gasteiger partial charge on any atom is 0.170 e. The van der Waals surface area contributed by atoms with Crippen LogP contribution in [-0.4, -0.2) is 17.9 Å². The van der Waals surface area contributed by atoms with E-state index in [9.17, 15) is 0 Å². The normalized spacial score (nSPS) is 28.3. The van der Waals surface area contributed by atoms with Crippen molar-refractivity contribution in [1.82, 2.24) is 0 Å². The van der Waals surface area contributed by atoms with E-state index < -0.39 is 6.37 Å². The molecular weight excluding hydrogens is 140 g/mol. The Kier molecular flexibility index (Phi) is 1.75. The number of hydrogen-bond acceptors (Lipinski definition) is 2.